The van der Waals surface area contributed by atoms with Gasteiger partial charge < -0.3 is 15.1 Å². The monoisotopic (exact) mass is 335 g/mol. The first-order valence-corrected chi connectivity index (χ1v) is 8.43. The van der Waals surface area contributed by atoms with Crippen LogP contribution < -0.4 is 4.57 Å². The van der Waals surface area contributed by atoms with Crippen LogP contribution in [0.15, 0.2) is 35.1 Å². The fourth-order valence-corrected chi connectivity index (χ4v) is 4.30. The van der Waals surface area contributed by atoms with E-state index >= 15 is 0 Å². The minimum absolute atomic E-state index is 0.0865. The molecule has 0 saturated carbocycles. The molecule has 6 nitrogen and oxygen atoms in total. The van der Waals surface area contributed by atoms with E-state index in [4.69, 9.17) is 0 Å². The molecule has 1 aromatic rings. The lowest BCUT2D eigenvalue weighted by Crippen LogP contribution is -2.61. The van der Waals surface area contributed by atoms with E-state index in [2.05, 4.69) is 0 Å². The highest BCUT2D eigenvalue weighted by Crippen LogP contribution is 2.47. The van der Waals surface area contributed by atoms with Gasteiger partial charge in [0, 0.05) is 29.2 Å². The summed E-state index contributed by atoms with van der Waals surface area (Å²) in [4.78, 5) is 25.7. The van der Waals surface area contributed by atoms with Crippen molar-refractivity contribution in [1.29, 1.82) is 0 Å². The van der Waals surface area contributed by atoms with Crippen molar-refractivity contribution in [2.75, 3.05) is 0 Å². The van der Waals surface area contributed by atoms with Gasteiger partial charge >= 0.3 is 5.97 Å². The van der Waals surface area contributed by atoms with Crippen LogP contribution in [0.25, 0.3) is 0 Å². The lowest BCUT2D eigenvalue weighted by molar-refractivity contribution is -0.671. The van der Waals surface area contributed by atoms with Crippen molar-refractivity contribution in [3.63, 3.8) is 0 Å². The van der Waals surface area contributed by atoms with Crippen molar-refractivity contribution < 1.29 is 24.4 Å². The molecular weight excluding hydrogens is 316 g/mol. The van der Waals surface area contributed by atoms with Gasteiger partial charge in [0.15, 0.2) is 12.4 Å². The first-order chi connectivity index (χ1) is 10.9. The number of carboxylic acids is 1. The van der Waals surface area contributed by atoms with Crippen molar-refractivity contribution in [2.24, 2.45) is 13.0 Å². The van der Waals surface area contributed by atoms with E-state index < -0.39 is 18.0 Å². The molecule has 1 aromatic heterocycles. The fourth-order valence-electron chi connectivity index (χ4n) is 3.16. The molecular formula is C16H19N2O4S+. The van der Waals surface area contributed by atoms with E-state index in [0.29, 0.717) is 17.1 Å². The van der Waals surface area contributed by atoms with E-state index in [0.717, 1.165) is 5.56 Å². The van der Waals surface area contributed by atoms with Gasteiger partial charge in [0.05, 0.1) is 18.1 Å². The van der Waals surface area contributed by atoms with Crippen molar-refractivity contribution >= 4 is 23.6 Å². The maximum atomic E-state index is 12.1. The van der Waals surface area contributed by atoms with Crippen LogP contribution in [0.1, 0.15) is 18.9 Å². The fraction of sp³-hybridized carbons (Fsp3) is 0.438. The summed E-state index contributed by atoms with van der Waals surface area (Å²) in [5.41, 5.74) is 1.18. The number of amides is 1. The number of hydrogen-bond donors (Lipinski definition) is 2. The highest BCUT2D eigenvalue weighted by molar-refractivity contribution is 8.02. The Morgan fingerprint density at radius 2 is 2.13 bits per heavy atom. The maximum Gasteiger partial charge on any atom is 0.353 e. The third-order valence-corrected chi connectivity index (χ3v) is 5.54. The Labute approximate surface area is 138 Å². The number of hydrogen-bond acceptors (Lipinski definition) is 4. The molecule has 0 spiro atoms. The zero-order chi connectivity index (χ0) is 16.7. The van der Waals surface area contributed by atoms with Gasteiger partial charge in [0.1, 0.15) is 12.7 Å². The third-order valence-electron chi connectivity index (χ3n) is 4.35. The molecule has 1 unspecified atom stereocenters. The zero-order valence-corrected chi connectivity index (χ0v) is 13.8. The number of carboxylic acid groups (broad SMARTS) is 1. The molecule has 2 aliphatic heterocycles. The first-order valence-electron chi connectivity index (χ1n) is 7.44. The Balaban J connectivity index is 1.77. The van der Waals surface area contributed by atoms with Crippen LogP contribution in [0, 0.1) is 5.92 Å². The summed E-state index contributed by atoms with van der Waals surface area (Å²) in [6.45, 7) is 1.58. The van der Waals surface area contributed by atoms with Crippen molar-refractivity contribution in [1.82, 2.24) is 4.90 Å². The molecule has 3 atom stereocenters. The smallest absolute Gasteiger partial charge is 0.353 e. The summed E-state index contributed by atoms with van der Waals surface area (Å²) in [5, 5.41) is 19.2. The molecule has 1 amide bonds. The number of carbonyl (C=O) groups excluding carboxylic acids is 1. The second-order valence-corrected chi connectivity index (χ2v) is 7.05. The van der Waals surface area contributed by atoms with Crippen LogP contribution in [0.3, 0.4) is 0 Å². The van der Waals surface area contributed by atoms with Crippen LogP contribution in [0.2, 0.25) is 0 Å². The van der Waals surface area contributed by atoms with Crippen LogP contribution >= 0.6 is 11.8 Å². The summed E-state index contributed by atoms with van der Waals surface area (Å²) in [6, 6.07) is 3.76. The summed E-state index contributed by atoms with van der Waals surface area (Å²) in [5.74, 6) is -1.20. The van der Waals surface area contributed by atoms with E-state index in [1.54, 1.807) is 6.92 Å². The van der Waals surface area contributed by atoms with Gasteiger partial charge in [-0.2, -0.15) is 0 Å². The number of aryl methyl sites for hydroxylation is 1. The third kappa shape index (κ3) is 2.74. The Morgan fingerprint density at radius 1 is 1.48 bits per heavy atom. The second kappa shape index (κ2) is 5.98. The number of rotatable bonds is 5. The van der Waals surface area contributed by atoms with Gasteiger partial charge in [-0.15, -0.1) is 11.8 Å². The summed E-state index contributed by atoms with van der Waals surface area (Å²) >= 11 is 1.46. The average molecular weight is 335 g/mol. The van der Waals surface area contributed by atoms with Gasteiger partial charge in [0.2, 0.25) is 5.91 Å². The van der Waals surface area contributed by atoms with Crippen LogP contribution in [0.5, 0.6) is 0 Å². The summed E-state index contributed by atoms with van der Waals surface area (Å²) in [6.07, 6.45) is 3.64. The van der Waals surface area contributed by atoms with Crippen LogP contribution in [-0.4, -0.2) is 39.1 Å². The minimum Gasteiger partial charge on any atom is -0.477 e. The molecule has 7 heteroatoms. The topological polar surface area (TPSA) is 81.7 Å². The highest BCUT2D eigenvalue weighted by atomic mass is 32.2. The van der Waals surface area contributed by atoms with Gasteiger partial charge in [0.25, 0.3) is 0 Å². The van der Waals surface area contributed by atoms with Crippen LogP contribution in [-0.2, 0) is 22.4 Å². The number of aliphatic hydroxyl groups excluding tert-OH is 1. The first kappa shape index (κ1) is 16.0. The number of carbonyl (C=O) groups is 2. The average Bonchev–Trinajstić information content (AvgIpc) is 2.81. The normalized spacial score (nSPS) is 24.5. The van der Waals surface area contributed by atoms with Crippen molar-refractivity contribution in [2.45, 2.75) is 31.2 Å². The predicted molar refractivity (Wildman–Crippen MR) is 84.0 cm³/mol. The second-order valence-electron chi connectivity index (χ2n) is 5.98. The molecule has 0 aliphatic carbocycles. The number of aliphatic carboxylic acids is 1. The molecule has 1 fully saturated rings. The van der Waals surface area contributed by atoms with E-state index in [-0.39, 0.29) is 17.6 Å². The maximum absolute atomic E-state index is 12.1. The number of pyridine rings is 1. The molecule has 0 aromatic carbocycles. The van der Waals surface area contributed by atoms with E-state index in [9.17, 15) is 19.8 Å². The largest absolute Gasteiger partial charge is 0.477 e. The Hall–Kier alpha value is -1.86. The molecule has 0 bridgehead atoms. The Bertz CT molecular complexity index is 684. The Kier molecular flexibility index (Phi) is 4.16. The molecule has 2 aliphatic rings. The number of aromatic nitrogens is 1. The SMILES string of the molecule is C[C@@H](O)[C@@H]1C(=O)N2C(C(=O)O)=C(SCc3cc[n+](C)cc3)CC12. The van der Waals surface area contributed by atoms with Gasteiger partial charge in [-0.3, -0.25) is 4.79 Å². The van der Waals surface area contributed by atoms with Crippen molar-refractivity contribution in [3.8, 4) is 0 Å². The van der Waals surface area contributed by atoms with Crippen LogP contribution in [0.4, 0.5) is 0 Å². The van der Waals surface area contributed by atoms with Gasteiger partial charge in [-0.05, 0) is 12.5 Å². The number of thioether (sulfide) groups is 1. The lowest BCUT2D eigenvalue weighted by Gasteiger charge is -2.44. The summed E-state index contributed by atoms with van der Waals surface area (Å²) in [7, 11) is 1.94. The van der Waals surface area contributed by atoms with E-state index in [1.807, 2.05) is 36.1 Å². The molecule has 23 heavy (non-hydrogen) atoms. The standard InChI is InChI=1S/C16H18N2O4S/c1-9(19)13-11-7-12(14(16(21)22)18(11)15(13)20)23-8-10-3-5-17(2)6-4-10/h3-6,9,11,13,19H,7-8H2,1-2H3/p+1/t9-,11?,13+/m1/s1. The zero-order valence-electron chi connectivity index (χ0n) is 13.0. The molecule has 0 radical (unpaired) electrons. The molecule has 1 saturated heterocycles. The lowest BCUT2D eigenvalue weighted by atomic mass is 9.83. The summed E-state index contributed by atoms with van der Waals surface area (Å²) < 4.78 is 1.93. The molecule has 2 N–H and O–H groups in total. The predicted octanol–water partition coefficient (Wildman–Crippen LogP) is 0.652. The van der Waals surface area contributed by atoms with E-state index in [1.165, 1.54) is 16.7 Å². The number of nitrogens with zero attached hydrogens (tertiary/aromatic N) is 2. The number of β-lactam (4-membered cyclic amide) rings is 1. The highest BCUT2D eigenvalue weighted by Gasteiger charge is 2.56. The number of fused-ring (bicyclic) bond motifs is 1. The van der Waals surface area contributed by atoms with Gasteiger partial charge in [-0.25, -0.2) is 9.36 Å². The number of aliphatic hydroxyl groups is 1. The molecule has 3 rings (SSSR count). The van der Waals surface area contributed by atoms with Crippen molar-refractivity contribution in [3.05, 3.63) is 40.7 Å². The quantitative estimate of drug-likeness (QED) is 0.610. The molecule has 122 valence electrons. The minimum atomic E-state index is -1.08. The molecule has 3 heterocycles. The van der Waals surface area contributed by atoms with Gasteiger partial charge in [-0.1, -0.05) is 0 Å². The Morgan fingerprint density at radius 3 is 2.70 bits per heavy atom.